The Kier molecular flexibility index (Phi) is 6.89. The van der Waals surface area contributed by atoms with Gasteiger partial charge in [-0.25, -0.2) is 0 Å². The zero-order valence-corrected chi connectivity index (χ0v) is 11.5. The third kappa shape index (κ3) is 6.58. The molecule has 1 aromatic rings. The minimum Gasteiger partial charge on any atom is -0.497 e. The lowest BCUT2D eigenvalue weighted by atomic mass is 10.2. The van der Waals surface area contributed by atoms with Crippen molar-refractivity contribution in [3.05, 3.63) is 35.9 Å². The molecule has 0 radical (unpaired) electrons. The minimum absolute atomic E-state index is 0.134. The number of carbonyl (C=O) groups is 2. The van der Waals surface area contributed by atoms with E-state index in [2.05, 4.69) is 5.32 Å². The van der Waals surface area contributed by atoms with Gasteiger partial charge in [-0.15, -0.1) is 0 Å². The first-order valence-corrected chi connectivity index (χ1v) is 6.43. The molecule has 5 heteroatoms. The molecule has 108 valence electrons. The predicted octanol–water partition coefficient (Wildman–Crippen LogP) is 2.08. The Morgan fingerprint density at radius 3 is 2.85 bits per heavy atom. The Morgan fingerprint density at radius 1 is 1.35 bits per heavy atom. The SMILES string of the molecule is COc1cccc(C=CC(=O)NCCCCC(=O)O)c1. The van der Waals surface area contributed by atoms with Gasteiger partial charge >= 0.3 is 5.97 Å². The molecule has 0 aliphatic carbocycles. The Hall–Kier alpha value is -2.30. The second-order valence-electron chi connectivity index (χ2n) is 4.25. The largest absolute Gasteiger partial charge is 0.497 e. The van der Waals surface area contributed by atoms with Crippen molar-refractivity contribution in [2.75, 3.05) is 13.7 Å². The number of amides is 1. The maximum absolute atomic E-state index is 11.5. The van der Waals surface area contributed by atoms with Crippen LogP contribution in [0.5, 0.6) is 5.75 Å². The maximum atomic E-state index is 11.5. The molecule has 20 heavy (non-hydrogen) atoms. The molecule has 1 amide bonds. The molecule has 0 aliphatic heterocycles. The maximum Gasteiger partial charge on any atom is 0.303 e. The number of unbranched alkanes of at least 4 members (excludes halogenated alkanes) is 1. The molecule has 1 aromatic carbocycles. The summed E-state index contributed by atoms with van der Waals surface area (Å²) in [5.41, 5.74) is 0.880. The molecule has 0 heterocycles. The number of nitrogens with one attached hydrogen (secondary N) is 1. The number of rotatable bonds is 8. The van der Waals surface area contributed by atoms with Crippen molar-refractivity contribution in [1.29, 1.82) is 0 Å². The summed E-state index contributed by atoms with van der Waals surface area (Å²) in [7, 11) is 1.59. The van der Waals surface area contributed by atoms with Crippen LogP contribution in [0.4, 0.5) is 0 Å². The van der Waals surface area contributed by atoms with Crippen molar-refractivity contribution in [2.24, 2.45) is 0 Å². The third-order valence-corrected chi connectivity index (χ3v) is 2.64. The van der Waals surface area contributed by atoms with Gasteiger partial charge in [0.1, 0.15) is 5.75 Å². The molecule has 0 saturated carbocycles. The number of benzene rings is 1. The number of hydrogen-bond donors (Lipinski definition) is 2. The number of aliphatic carboxylic acids is 1. The molecular weight excluding hydrogens is 258 g/mol. The quantitative estimate of drug-likeness (QED) is 0.563. The topological polar surface area (TPSA) is 75.6 Å². The first-order chi connectivity index (χ1) is 9.61. The number of methoxy groups -OCH3 is 1. The zero-order valence-electron chi connectivity index (χ0n) is 11.5. The van der Waals surface area contributed by atoms with Crippen LogP contribution in [0.1, 0.15) is 24.8 Å². The summed E-state index contributed by atoms with van der Waals surface area (Å²) in [5.74, 6) is -0.265. The molecule has 5 nitrogen and oxygen atoms in total. The van der Waals surface area contributed by atoms with E-state index in [0.717, 1.165) is 11.3 Å². The van der Waals surface area contributed by atoms with Gasteiger partial charge in [0, 0.05) is 19.0 Å². The van der Waals surface area contributed by atoms with E-state index < -0.39 is 5.97 Å². The van der Waals surface area contributed by atoms with Gasteiger partial charge in [0.25, 0.3) is 0 Å². The number of hydrogen-bond acceptors (Lipinski definition) is 3. The van der Waals surface area contributed by atoms with Gasteiger partial charge in [-0.2, -0.15) is 0 Å². The third-order valence-electron chi connectivity index (χ3n) is 2.64. The highest BCUT2D eigenvalue weighted by atomic mass is 16.5. The van der Waals surface area contributed by atoms with Gasteiger partial charge in [-0.1, -0.05) is 12.1 Å². The highest BCUT2D eigenvalue weighted by Crippen LogP contribution is 2.13. The van der Waals surface area contributed by atoms with E-state index in [-0.39, 0.29) is 12.3 Å². The van der Waals surface area contributed by atoms with E-state index in [0.29, 0.717) is 19.4 Å². The summed E-state index contributed by atoms with van der Waals surface area (Å²) in [4.78, 5) is 21.8. The second-order valence-corrected chi connectivity index (χ2v) is 4.25. The molecule has 2 N–H and O–H groups in total. The Balaban J connectivity index is 2.30. The Labute approximate surface area is 118 Å². The van der Waals surface area contributed by atoms with Crippen molar-refractivity contribution in [3.8, 4) is 5.75 Å². The van der Waals surface area contributed by atoms with Gasteiger partial charge in [-0.05, 0) is 36.6 Å². The van der Waals surface area contributed by atoms with E-state index in [1.165, 1.54) is 6.08 Å². The van der Waals surface area contributed by atoms with Crippen molar-refractivity contribution in [1.82, 2.24) is 5.32 Å². The van der Waals surface area contributed by atoms with Gasteiger partial charge in [0.2, 0.25) is 5.91 Å². The van der Waals surface area contributed by atoms with Crippen LogP contribution in [-0.2, 0) is 9.59 Å². The van der Waals surface area contributed by atoms with E-state index in [9.17, 15) is 9.59 Å². The van der Waals surface area contributed by atoms with E-state index in [1.807, 2.05) is 24.3 Å². The van der Waals surface area contributed by atoms with E-state index >= 15 is 0 Å². The van der Waals surface area contributed by atoms with E-state index in [1.54, 1.807) is 13.2 Å². The smallest absolute Gasteiger partial charge is 0.303 e. The standard InChI is InChI=1S/C15H19NO4/c1-20-13-6-4-5-12(11-13)8-9-14(17)16-10-3-2-7-15(18)19/h4-6,8-9,11H,2-3,7,10H2,1H3,(H,16,17)(H,18,19). The molecule has 1 rings (SSSR count). The monoisotopic (exact) mass is 277 g/mol. The summed E-state index contributed by atoms with van der Waals surface area (Å²) in [5, 5.41) is 11.2. The average Bonchev–Trinajstić information content (AvgIpc) is 2.44. The molecule has 0 saturated heterocycles. The lowest BCUT2D eigenvalue weighted by molar-refractivity contribution is -0.137. The fraction of sp³-hybridized carbons (Fsp3) is 0.333. The first-order valence-electron chi connectivity index (χ1n) is 6.43. The number of carbonyl (C=O) groups excluding carboxylic acids is 1. The van der Waals surface area contributed by atoms with Crippen LogP contribution in [0.3, 0.4) is 0 Å². The molecular formula is C15H19NO4. The first kappa shape index (κ1) is 15.8. The lowest BCUT2D eigenvalue weighted by Gasteiger charge is -2.02. The fourth-order valence-corrected chi connectivity index (χ4v) is 1.59. The van der Waals surface area contributed by atoms with Crippen LogP contribution in [-0.4, -0.2) is 30.6 Å². The molecule has 0 aliphatic rings. The molecule has 0 atom stereocenters. The highest BCUT2D eigenvalue weighted by molar-refractivity contribution is 5.91. The summed E-state index contributed by atoms with van der Waals surface area (Å²) < 4.78 is 5.09. The van der Waals surface area contributed by atoms with Gasteiger partial charge in [0.15, 0.2) is 0 Å². The Bertz CT molecular complexity index is 483. The van der Waals surface area contributed by atoms with Crippen LogP contribution in [0.25, 0.3) is 6.08 Å². The van der Waals surface area contributed by atoms with Crippen LogP contribution < -0.4 is 10.1 Å². The number of ether oxygens (including phenoxy) is 1. The normalized spacial score (nSPS) is 10.4. The van der Waals surface area contributed by atoms with Crippen LogP contribution in [0.2, 0.25) is 0 Å². The fourth-order valence-electron chi connectivity index (χ4n) is 1.59. The van der Waals surface area contributed by atoms with Crippen LogP contribution in [0.15, 0.2) is 30.3 Å². The molecule has 0 fully saturated rings. The average molecular weight is 277 g/mol. The van der Waals surface area contributed by atoms with Crippen molar-refractivity contribution < 1.29 is 19.4 Å². The van der Waals surface area contributed by atoms with Crippen LogP contribution >= 0.6 is 0 Å². The van der Waals surface area contributed by atoms with Crippen molar-refractivity contribution in [3.63, 3.8) is 0 Å². The minimum atomic E-state index is -0.811. The van der Waals surface area contributed by atoms with Crippen molar-refractivity contribution in [2.45, 2.75) is 19.3 Å². The van der Waals surface area contributed by atoms with E-state index in [4.69, 9.17) is 9.84 Å². The lowest BCUT2D eigenvalue weighted by Crippen LogP contribution is -2.22. The molecule has 0 aromatic heterocycles. The second kappa shape index (κ2) is 8.74. The Morgan fingerprint density at radius 2 is 2.15 bits per heavy atom. The van der Waals surface area contributed by atoms with Crippen LogP contribution in [0, 0.1) is 0 Å². The highest BCUT2D eigenvalue weighted by Gasteiger charge is 1.98. The molecule has 0 spiro atoms. The summed E-state index contributed by atoms with van der Waals surface area (Å²) >= 11 is 0. The van der Waals surface area contributed by atoms with Gasteiger partial charge in [0.05, 0.1) is 7.11 Å². The summed E-state index contributed by atoms with van der Waals surface area (Å²) in [6.45, 7) is 0.481. The zero-order chi connectivity index (χ0) is 14.8. The van der Waals surface area contributed by atoms with Gasteiger partial charge in [-0.3, -0.25) is 9.59 Å². The molecule has 0 bridgehead atoms. The number of carboxylic acids is 1. The molecule has 0 unspecified atom stereocenters. The van der Waals surface area contributed by atoms with Gasteiger partial charge < -0.3 is 15.2 Å². The van der Waals surface area contributed by atoms with Crippen molar-refractivity contribution >= 4 is 18.0 Å². The summed E-state index contributed by atoms with van der Waals surface area (Å²) in [6, 6.07) is 7.39. The number of carboxylic acid groups (broad SMARTS) is 1. The predicted molar refractivity (Wildman–Crippen MR) is 76.5 cm³/mol. The summed E-state index contributed by atoms with van der Waals surface area (Å²) in [6.07, 6.45) is 4.51.